The molecular formula is C18H26F2N2O3S. The summed E-state index contributed by atoms with van der Waals surface area (Å²) in [6.45, 7) is 6.30. The van der Waals surface area contributed by atoms with Crippen molar-refractivity contribution < 1.29 is 22.0 Å². The van der Waals surface area contributed by atoms with Crippen LogP contribution in [-0.4, -0.2) is 37.8 Å². The highest BCUT2D eigenvalue weighted by molar-refractivity contribution is 7.89. The summed E-state index contributed by atoms with van der Waals surface area (Å²) >= 11 is 0. The van der Waals surface area contributed by atoms with E-state index < -0.39 is 26.6 Å². The molecule has 146 valence electrons. The third-order valence-electron chi connectivity index (χ3n) is 4.91. The smallest absolute Gasteiger partial charge is 0.246 e. The Balaban J connectivity index is 2.03. The lowest BCUT2D eigenvalue weighted by atomic mass is 9.95. The summed E-state index contributed by atoms with van der Waals surface area (Å²) < 4.78 is 53.4. The number of nitrogens with one attached hydrogen (secondary N) is 1. The van der Waals surface area contributed by atoms with E-state index >= 15 is 0 Å². The minimum atomic E-state index is -4.12. The summed E-state index contributed by atoms with van der Waals surface area (Å²) in [5.74, 6) is -1.81. The lowest BCUT2D eigenvalue weighted by molar-refractivity contribution is -0.127. The Morgan fingerprint density at radius 1 is 1.27 bits per heavy atom. The van der Waals surface area contributed by atoms with Crippen LogP contribution >= 0.6 is 0 Å². The second kappa shape index (κ2) is 8.43. The minimum Gasteiger partial charge on any atom is -0.353 e. The Morgan fingerprint density at radius 3 is 2.42 bits per heavy atom. The quantitative estimate of drug-likeness (QED) is 0.815. The molecule has 1 unspecified atom stereocenters. The molecule has 1 saturated heterocycles. The number of sulfonamides is 1. The van der Waals surface area contributed by atoms with E-state index in [4.69, 9.17) is 0 Å². The van der Waals surface area contributed by atoms with Crippen LogP contribution in [0.2, 0.25) is 0 Å². The number of hydrogen-bond donors (Lipinski definition) is 1. The van der Waals surface area contributed by atoms with E-state index in [9.17, 15) is 22.0 Å². The summed E-state index contributed by atoms with van der Waals surface area (Å²) in [6.07, 6.45) is 1.54. The molecular weight excluding hydrogens is 362 g/mol. The molecule has 1 aliphatic heterocycles. The van der Waals surface area contributed by atoms with Gasteiger partial charge in [0, 0.05) is 25.0 Å². The molecule has 0 aliphatic carbocycles. The number of halogens is 2. The minimum absolute atomic E-state index is 0.0699. The van der Waals surface area contributed by atoms with Crippen LogP contribution in [0.4, 0.5) is 8.78 Å². The number of nitrogens with zero attached hydrogens (tertiary/aromatic N) is 1. The van der Waals surface area contributed by atoms with Crippen molar-refractivity contribution in [2.24, 2.45) is 11.8 Å². The molecule has 1 fully saturated rings. The van der Waals surface area contributed by atoms with Crippen molar-refractivity contribution in [3.05, 3.63) is 29.8 Å². The third-order valence-corrected chi connectivity index (χ3v) is 6.82. The molecule has 1 aliphatic rings. The normalized spacial score (nSPS) is 18.1. The molecule has 0 spiro atoms. The van der Waals surface area contributed by atoms with Crippen LogP contribution in [-0.2, 0) is 14.8 Å². The first kappa shape index (κ1) is 20.8. The molecule has 1 N–H and O–H groups in total. The lowest BCUT2D eigenvalue weighted by Crippen LogP contribution is -2.46. The van der Waals surface area contributed by atoms with Gasteiger partial charge in [-0.2, -0.15) is 4.31 Å². The van der Waals surface area contributed by atoms with Crippen LogP contribution in [0, 0.1) is 23.5 Å². The molecule has 1 amide bonds. The van der Waals surface area contributed by atoms with Gasteiger partial charge in [0.15, 0.2) is 0 Å². The first-order valence-corrected chi connectivity index (χ1v) is 10.4. The number of amides is 1. The van der Waals surface area contributed by atoms with Gasteiger partial charge < -0.3 is 5.32 Å². The number of hydrogen-bond acceptors (Lipinski definition) is 3. The maximum Gasteiger partial charge on any atom is 0.246 e. The Kier molecular flexibility index (Phi) is 6.74. The Labute approximate surface area is 153 Å². The highest BCUT2D eigenvalue weighted by Crippen LogP contribution is 2.26. The predicted octanol–water partition coefficient (Wildman–Crippen LogP) is 2.92. The van der Waals surface area contributed by atoms with Crippen LogP contribution in [0.15, 0.2) is 23.1 Å². The van der Waals surface area contributed by atoms with E-state index in [1.54, 1.807) is 0 Å². The van der Waals surface area contributed by atoms with Crippen molar-refractivity contribution in [2.45, 2.75) is 51.0 Å². The topological polar surface area (TPSA) is 66.5 Å². The van der Waals surface area contributed by atoms with Crippen LogP contribution in [0.1, 0.15) is 40.0 Å². The van der Waals surface area contributed by atoms with Gasteiger partial charge in [-0.25, -0.2) is 17.2 Å². The van der Waals surface area contributed by atoms with Gasteiger partial charge in [0.05, 0.1) is 0 Å². The number of carbonyl (C=O) groups excluding carboxylic acids is 1. The second-order valence-electron chi connectivity index (χ2n) is 7.02. The van der Waals surface area contributed by atoms with Crippen molar-refractivity contribution >= 4 is 15.9 Å². The monoisotopic (exact) mass is 388 g/mol. The Hall–Kier alpha value is -1.54. The van der Waals surface area contributed by atoms with E-state index in [0.29, 0.717) is 24.8 Å². The van der Waals surface area contributed by atoms with Gasteiger partial charge in [-0.1, -0.05) is 20.8 Å². The maximum absolute atomic E-state index is 13.8. The fraction of sp³-hybridized carbons (Fsp3) is 0.611. The van der Waals surface area contributed by atoms with Gasteiger partial charge in [0.2, 0.25) is 15.9 Å². The summed E-state index contributed by atoms with van der Waals surface area (Å²) in [4.78, 5) is 11.7. The summed E-state index contributed by atoms with van der Waals surface area (Å²) in [7, 11) is -4.12. The van der Waals surface area contributed by atoms with Crippen molar-refractivity contribution in [3.63, 3.8) is 0 Å². The molecule has 1 aromatic carbocycles. The maximum atomic E-state index is 13.8. The molecule has 1 aromatic rings. The SMILES string of the molecule is CCC(NC(=O)C1CCN(S(=O)(=O)c2cc(F)ccc2F)CC1)C(C)C. The fourth-order valence-corrected chi connectivity index (χ4v) is 4.76. The van der Waals surface area contributed by atoms with Crippen LogP contribution in [0.3, 0.4) is 0 Å². The Morgan fingerprint density at radius 2 is 1.88 bits per heavy atom. The molecule has 0 aromatic heterocycles. The van der Waals surface area contributed by atoms with E-state index in [0.717, 1.165) is 22.9 Å². The largest absolute Gasteiger partial charge is 0.353 e. The molecule has 2 rings (SSSR count). The average molecular weight is 388 g/mol. The highest BCUT2D eigenvalue weighted by atomic mass is 32.2. The number of rotatable bonds is 6. The van der Waals surface area contributed by atoms with Crippen LogP contribution in [0.25, 0.3) is 0 Å². The third kappa shape index (κ3) is 4.59. The zero-order valence-corrected chi connectivity index (χ0v) is 16.2. The number of carbonyl (C=O) groups is 1. The molecule has 0 saturated carbocycles. The second-order valence-corrected chi connectivity index (χ2v) is 8.93. The van der Waals surface area contributed by atoms with Gasteiger partial charge in [-0.15, -0.1) is 0 Å². The van der Waals surface area contributed by atoms with Crippen LogP contribution in [0.5, 0.6) is 0 Å². The zero-order chi connectivity index (χ0) is 19.5. The van der Waals surface area contributed by atoms with Gasteiger partial charge >= 0.3 is 0 Å². The van der Waals surface area contributed by atoms with E-state index in [-0.39, 0.29) is 31.0 Å². The van der Waals surface area contributed by atoms with Crippen molar-refractivity contribution in [1.29, 1.82) is 0 Å². The van der Waals surface area contributed by atoms with E-state index in [2.05, 4.69) is 5.32 Å². The molecule has 5 nitrogen and oxygen atoms in total. The van der Waals surface area contributed by atoms with Crippen LogP contribution < -0.4 is 5.32 Å². The molecule has 0 radical (unpaired) electrons. The lowest BCUT2D eigenvalue weighted by Gasteiger charge is -2.32. The molecule has 0 bridgehead atoms. The van der Waals surface area contributed by atoms with Gasteiger partial charge in [0.25, 0.3) is 0 Å². The number of benzene rings is 1. The van der Waals surface area contributed by atoms with E-state index in [1.807, 2.05) is 20.8 Å². The fourth-order valence-electron chi connectivity index (χ4n) is 3.21. The van der Waals surface area contributed by atoms with Gasteiger partial charge in [-0.3, -0.25) is 4.79 Å². The Bertz CT molecular complexity index is 745. The van der Waals surface area contributed by atoms with Crippen molar-refractivity contribution in [3.8, 4) is 0 Å². The first-order chi connectivity index (χ1) is 12.2. The molecule has 1 atom stereocenters. The van der Waals surface area contributed by atoms with Crippen molar-refractivity contribution in [1.82, 2.24) is 9.62 Å². The summed E-state index contributed by atoms with van der Waals surface area (Å²) in [5.41, 5.74) is 0. The standard InChI is InChI=1S/C18H26F2N2O3S/c1-4-16(12(2)3)21-18(23)13-7-9-22(10-8-13)26(24,25)17-11-14(19)5-6-15(17)20/h5-6,11-13,16H,4,7-10H2,1-3H3,(H,21,23). The summed E-state index contributed by atoms with van der Waals surface area (Å²) in [5, 5.41) is 3.02. The number of piperidine rings is 1. The molecule has 26 heavy (non-hydrogen) atoms. The summed E-state index contributed by atoms with van der Waals surface area (Å²) in [6, 6.07) is 2.46. The average Bonchev–Trinajstić information content (AvgIpc) is 2.61. The molecule has 8 heteroatoms. The molecule has 1 heterocycles. The zero-order valence-electron chi connectivity index (χ0n) is 15.3. The predicted molar refractivity (Wildman–Crippen MR) is 94.9 cm³/mol. The highest BCUT2D eigenvalue weighted by Gasteiger charge is 2.34. The first-order valence-electron chi connectivity index (χ1n) is 8.92. The van der Waals surface area contributed by atoms with Crippen molar-refractivity contribution in [2.75, 3.05) is 13.1 Å². The van der Waals surface area contributed by atoms with Gasteiger partial charge in [-0.05, 0) is 43.4 Å². The van der Waals surface area contributed by atoms with E-state index in [1.165, 1.54) is 0 Å². The van der Waals surface area contributed by atoms with Gasteiger partial charge in [0.1, 0.15) is 16.5 Å².